The van der Waals surface area contributed by atoms with E-state index < -0.39 is 21.8 Å². The Morgan fingerprint density at radius 2 is 1.75 bits per heavy atom. The molecule has 0 spiro atoms. The fourth-order valence-electron chi connectivity index (χ4n) is 3.80. The van der Waals surface area contributed by atoms with Crippen LogP contribution in [-0.2, 0) is 14.8 Å². The van der Waals surface area contributed by atoms with E-state index in [1.54, 1.807) is 32.6 Å². The lowest BCUT2D eigenvalue weighted by atomic mass is 10.0. The second-order valence-electron chi connectivity index (χ2n) is 8.22. The van der Waals surface area contributed by atoms with E-state index in [-0.39, 0.29) is 22.9 Å². The summed E-state index contributed by atoms with van der Waals surface area (Å²) in [6, 6.07) is 4.30. The number of halogens is 1. The molecule has 1 aromatic carbocycles. The average molecular weight is 466 g/mol. The molecule has 0 aliphatic carbocycles. The van der Waals surface area contributed by atoms with E-state index in [4.69, 9.17) is 4.74 Å². The number of carbonyl (C=O) groups is 2. The highest BCUT2D eigenvalue weighted by atomic mass is 32.2. The first-order valence-corrected chi connectivity index (χ1v) is 11.9. The van der Waals surface area contributed by atoms with Crippen LogP contribution in [-0.4, -0.2) is 55.4 Å². The number of nitrogens with zero attached hydrogens (tertiary/aromatic N) is 1. The first-order valence-electron chi connectivity index (χ1n) is 10.5. The molecule has 0 unspecified atom stereocenters. The summed E-state index contributed by atoms with van der Waals surface area (Å²) in [7, 11) is -3.77. The topological polar surface area (TPSA) is 109 Å². The maximum Gasteiger partial charge on any atom is 0.340 e. The Labute approximate surface area is 187 Å². The zero-order chi connectivity index (χ0) is 23.6. The number of hydrogen-bond acceptors (Lipinski definition) is 5. The fraction of sp³-hybridized carbons (Fsp3) is 0.455. The van der Waals surface area contributed by atoms with Gasteiger partial charge in [0.25, 0.3) is 5.91 Å². The lowest BCUT2D eigenvalue weighted by Gasteiger charge is -2.32. The Kier molecular flexibility index (Phi) is 7.04. The van der Waals surface area contributed by atoms with Crippen molar-refractivity contribution in [3.05, 3.63) is 52.6 Å². The number of esters is 1. The summed E-state index contributed by atoms with van der Waals surface area (Å²) in [5, 5.41) is 0. The molecule has 2 aromatic rings. The van der Waals surface area contributed by atoms with Gasteiger partial charge in [0.2, 0.25) is 10.0 Å². The van der Waals surface area contributed by atoms with Crippen LogP contribution >= 0.6 is 0 Å². The lowest BCUT2D eigenvalue weighted by Crippen LogP contribution is -2.46. The smallest absolute Gasteiger partial charge is 0.340 e. The van der Waals surface area contributed by atoms with E-state index in [0.717, 1.165) is 12.1 Å². The normalized spacial score (nSPS) is 15.2. The number of likely N-dealkylation sites (tertiary alicyclic amines) is 1. The van der Waals surface area contributed by atoms with Gasteiger partial charge in [0.15, 0.2) is 0 Å². The third-order valence-corrected chi connectivity index (χ3v) is 6.96. The molecule has 8 nitrogen and oxygen atoms in total. The molecule has 3 rings (SSSR count). The second-order valence-corrected chi connectivity index (χ2v) is 9.93. The Hall–Kier alpha value is -2.72. The Morgan fingerprint density at radius 1 is 1.16 bits per heavy atom. The molecule has 1 fully saturated rings. The van der Waals surface area contributed by atoms with Gasteiger partial charge < -0.3 is 14.6 Å². The van der Waals surface area contributed by atoms with Crippen LogP contribution in [0, 0.1) is 19.7 Å². The van der Waals surface area contributed by atoms with Crippen molar-refractivity contribution in [3.8, 4) is 0 Å². The largest absolute Gasteiger partial charge is 0.459 e. The summed E-state index contributed by atoms with van der Waals surface area (Å²) in [5.41, 5.74) is 1.81. The summed E-state index contributed by atoms with van der Waals surface area (Å²) < 4.78 is 46.0. The van der Waals surface area contributed by atoms with E-state index in [0.29, 0.717) is 48.4 Å². The van der Waals surface area contributed by atoms with Crippen molar-refractivity contribution in [2.45, 2.75) is 57.6 Å². The van der Waals surface area contributed by atoms with Gasteiger partial charge in [-0.1, -0.05) is 0 Å². The third kappa shape index (κ3) is 5.18. The molecule has 0 saturated carbocycles. The van der Waals surface area contributed by atoms with Crippen molar-refractivity contribution in [1.82, 2.24) is 14.6 Å². The van der Waals surface area contributed by atoms with Crippen LogP contribution < -0.4 is 4.72 Å². The van der Waals surface area contributed by atoms with E-state index >= 15 is 0 Å². The first-order chi connectivity index (χ1) is 15.0. The SMILES string of the molecule is Cc1[nH]c(C(=O)N2CCC(NS(=O)(=O)c3ccc(F)cc3)CC2)c(C)c1C(=O)OC(C)C. The van der Waals surface area contributed by atoms with Crippen molar-refractivity contribution in [2.24, 2.45) is 0 Å². The van der Waals surface area contributed by atoms with Gasteiger partial charge in [0.05, 0.1) is 16.6 Å². The van der Waals surface area contributed by atoms with Crippen molar-refractivity contribution in [1.29, 1.82) is 0 Å². The number of hydrogen-bond donors (Lipinski definition) is 2. The number of aromatic amines is 1. The van der Waals surface area contributed by atoms with Crippen molar-refractivity contribution in [2.75, 3.05) is 13.1 Å². The number of carbonyl (C=O) groups excluding carboxylic acids is 2. The molecule has 32 heavy (non-hydrogen) atoms. The maximum atomic E-state index is 13.1. The number of benzene rings is 1. The van der Waals surface area contributed by atoms with Gasteiger partial charge >= 0.3 is 5.97 Å². The Morgan fingerprint density at radius 3 is 2.31 bits per heavy atom. The minimum absolute atomic E-state index is 0.00398. The molecular weight excluding hydrogens is 437 g/mol. The number of rotatable bonds is 6. The third-order valence-electron chi connectivity index (χ3n) is 5.43. The van der Waals surface area contributed by atoms with E-state index in [9.17, 15) is 22.4 Å². The summed E-state index contributed by atoms with van der Waals surface area (Å²) >= 11 is 0. The molecule has 1 aromatic heterocycles. The minimum atomic E-state index is -3.77. The van der Waals surface area contributed by atoms with Crippen LogP contribution in [0.25, 0.3) is 0 Å². The van der Waals surface area contributed by atoms with Crippen molar-refractivity contribution < 1.29 is 27.1 Å². The Bertz CT molecular complexity index is 1100. The number of piperidine rings is 1. The Balaban J connectivity index is 1.65. The molecule has 1 amide bonds. The number of sulfonamides is 1. The summed E-state index contributed by atoms with van der Waals surface area (Å²) in [4.78, 5) is 30.1. The van der Waals surface area contributed by atoms with Crippen molar-refractivity contribution in [3.63, 3.8) is 0 Å². The number of ether oxygens (including phenoxy) is 1. The molecule has 0 bridgehead atoms. The van der Waals surface area contributed by atoms with Gasteiger partial charge in [-0.3, -0.25) is 4.79 Å². The van der Waals surface area contributed by atoms with Gasteiger partial charge in [0, 0.05) is 24.8 Å². The summed E-state index contributed by atoms with van der Waals surface area (Å²) in [6.45, 7) is 7.66. The number of aryl methyl sites for hydroxylation is 1. The van der Waals surface area contributed by atoms with Crippen LogP contribution in [0.3, 0.4) is 0 Å². The van der Waals surface area contributed by atoms with Crippen LogP contribution in [0.5, 0.6) is 0 Å². The van der Waals surface area contributed by atoms with E-state index in [1.807, 2.05) is 0 Å². The highest BCUT2D eigenvalue weighted by Gasteiger charge is 2.30. The maximum absolute atomic E-state index is 13.1. The van der Waals surface area contributed by atoms with Gasteiger partial charge in [-0.25, -0.2) is 22.3 Å². The minimum Gasteiger partial charge on any atom is -0.459 e. The summed E-state index contributed by atoms with van der Waals surface area (Å²) in [5.74, 6) is -1.22. The monoisotopic (exact) mass is 465 g/mol. The zero-order valence-electron chi connectivity index (χ0n) is 18.6. The van der Waals surface area contributed by atoms with Gasteiger partial charge in [-0.05, 0) is 70.4 Å². The fourth-order valence-corrected chi connectivity index (χ4v) is 5.11. The predicted molar refractivity (Wildman–Crippen MR) is 116 cm³/mol. The lowest BCUT2D eigenvalue weighted by molar-refractivity contribution is 0.0376. The molecule has 10 heteroatoms. The molecular formula is C22H28FN3O5S. The average Bonchev–Trinajstić information content (AvgIpc) is 3.01. The number of nitrogens with one attached hydrogen (secondary N) is 2. The second kappa shape index (κ2) is 9.41. The van der Waals surface area contributed by atoms with Crippen LogP contribution in [0.15, 0.2) is 29.2 Å². The van der Waals surface area contributed by atoms with Crippen LogP contribution in [0.2, 0.25) is 0 Å². The zero-order valence-corrected chi connectivity index (χ0v) is 19.4. The molecule has 1 aliphatic heterocycles. The highest BCUT2D eigenvalue weighted by Crippen LogP contribution is 2.23. The van der Waals surface area contributed by atoms with E-state index in [1.165, 1.54) is 12.1 Å². The predicted octanol–water partition coefficient (Wildman–Crippen LogP) is 2.92. The molecule has 1 saturated heterocycles. The summed E-state index contributed by atoms with van der Waals surface area (Å²) in [6.07, 6.45) is 0.605. The number of aromatic nitrogens is 1. The quantitative estimate of drug-likeness (QED) is 0.638. The first kappa shape index (κ1) is 23.9. The van der Waals surface area contributed by atoms with Crippen molar-refractivity contribution >= 4 is 21.9 Å². The molecule has 2 heterocycles. The molecule has 0 radical (unpaired) electrons. The van der Waals surface area contributed by atoms with Gasteiger partial charge in [0.1, 0.15) is 11.5 Å². The highest BCUT2D eigenvalue weighted by molar-refractivity contribution is 7.89. The number of H-pyrrole nitrogens is 1. The van der Waals surface area contributed by atoms with Gasteiger partial charge in [-0.2, -0.15) is 0 Å². The number of amides is 1. The van der Waals surface area contributed by atoms with Gasteiger partial charge in [-0.15, -0.1) is 0 Å². The molecule has 0 atom stereocenters. The molecule has 1 aliphatic rings. The molecule has 174 valence electrons. The van der Waals surface area contributed by atoms with Crippen LogP contribution in [0.1, 0.15) is 58.8 Å². The van der Waals surface area contributed by atoms with Crippen LogP contribution in [0.4, 0.5) is 4.39 Å². The van der Waals surface area contributed by atoms with E-state index in [2.05, 4.69) is 9.71 Å². The molecule has 2 N–H and O–H groups in total. The standard InChI is InChI=1S/C22H28FN3O5S/c1-13(2)31-22(28)19-14(3)20(24-15(19)4)21(27)26-11-9-17(10-12-26)25-32(29,30)18-7-5-16(23)6-8-18/h5-8,13,17,24-25H,9-12H2,1-4H3.